The number of hydrogen-bond acceptors (Lipinski definition) is 3. The van der Waals surface area contributed by atoms with Crippen LogP contribution in [0.3, 0.4) is 0 Å². The Bertz CT molecular complexity index is 684. The topological polar surface area (TPSA) is 21.7 Å². The molecule has 25 heavy (non-hydrogen) atoms. The average Bonchev–Trinajstić information content (AvgIpc) is 3.04. The van der Waals surface area contributed by atoms with Crippen molar-refractivity contribution < 1.29 is 9.47 Å². The maximum Gasteiger partial charge on any atom is 0.123 e. The number of benzene rings is 2. The van der Waals surface area contributed by atoms with Crippen molar-refractivity contribution in [3.05, 3.63) is 59.7 Å². The predicted molar refractivity (Wildman–Crippen MR) is 103 cm³/mol. The molecule has 2 aliphatic rings. The Labute approximate surface area is 156 Å². The van der Waals surface area contributed by atoms with Gasteiger partial charge in [0.2, 0.25) is 0 Å². The van der Waals surface area contributed by atoms with Crippen molar-refractivity contribution in [2.75, 3.05) is 26.7 Å². The Morgan fingerprint density at radius 2 is 1.84 bits per heavy atom. The van der Waals surface area contributed by atoms with Gasteiger partial charge in [0.25, 0.3) is 0 Å². The summed E-state index contributed by atoms with van der Waals surface area (Å²) in [6.07, 6.45) is 3.76. The molecule has 2 aliphatic heterocycles. The van der Waals surface area contributed by atoms with Gasteiger partial charge in [-0.15, -0.1) is 12.4 Å². The van der Waals surface area contributed by atoms with E-state index in [-0.39, 0.29) is 18.5 Å². The van der Waals surface area contributed by atoms with Crippen LogP contribution >= 0.6 is 12.4 Å². The van der Waals surface area contributed by atoms with Crippen LogP contribution in [-0.2, 0) is 6.42 Å². The van der Waals surface area contributed by atoms with E-state index in [2.05, 4.69) is 41.3 Å². The fraction of sp³-hybridized carbons (Fsp3) is 0.429. The van der Waals surface area contributed by atoms with E-state index in [1.807, 2.05) is 12.1 Å². The van der Waals surface area contributed by atoms with Gasteiger partial charge < -0.3 is 9.47 Å². The summed E-state index contributed by atoms with van der Waals surface area (Å²) in [5, 5.41) is 0. The van der Waals surface area contributed by atoms with Crippen LogP contribution in [0.25, 0.3) is 0 Å². The summed E-state index contributed by atoms with van der Waals surface area (Å²) in [6.45, 7) is 3.36. The molecule has 1 fully saturated rings. The smallest absolute Gasteiger partial charge is 0.123 e. The Hall–Kier alpha value is -1.71. The highest BCUT2D eigenvalue weighted by Gasteiger charge is 2.27. The molecule has 0 saturated carbocycles. The fourth-order valence-corrected chi connectivity index (χ4v) is 3.99. The van der Waals surface area contributed by atoms with Gasteiger partial charge >= 0.3 is 0 Å². The number of nitrogens with zero attached hydrogens (tertiary/aromatic N) is 1. The lowest BCUT2D eigenvalue weighted by molar-refractivity contribution is 0.128. The summed E-state index contributed by atoms with van der Waals surface area (Å²) >= 11 is 0. The minimum Gasteiger partial charge on any atom is -0.497 e. The first-order valence-electron chi connectivity index (χ1n) is 8.92. The second kappa shape index (κ2) is 8.11. The zero-order valence-corrected chi connectivity index (χ0v) is 15.5. The molecule has 1 saturated heterocycles. The number of hydrogen-bond donors (Lipinski definition) is 0. The maximum atomic E-state index is 6.12. The Morgan fingerprint density at radius 1 is 1.08 bits per heavy atom. The van der Waals surface area contributed by atoms with E-state index in [4.69, 9.17) is 9.47 Å². The molecular formula is C21H26ClNO2. The SMILES string of the molecule is COc1ccc2c(c1)CC(CN1CCC(c3ccccc3)CC1)O2.Cl. The van der Waals surface area contributed by atoms with Crippen LogP contribution in [0.1, 0.15) is 29.9 Å². The molecule has 0 amide bonds. The lowest BCUT2D eigenvalue weighted by atomic mass is 9.89. The number of halogens is 1. The van der Waals surface area contributed by atoms with E-state index in [9.17, 15) is 0 Å². The van der Waals surface area contributed by atoms with Crippen molar-refractivity contribution in [3.8, 4) is 11.5 Å². The van der Waals surface area contributed by atoms with Gasteiger partial charge in [0.15, 0.2) is 0 Å². The molecule has 1 atom stereocenters. The summed E-state index contributed by atoms with van der Waals surface area (Å²) in [5.74, 6) is 2.66. The van der Waals surface area contributed by atoms with Crippen LogP contribution in [0.2, 0.25) is 0 Å². The lowest BCUT2D eigenvalue weighted by Gasteiger charge is -2.33. The van der Waals surface area contributed by atoms with Crippen molar-refractivity contribution in [2.24, 2.45) is 0 Å². The van der Waals surface area contributed by atoms with Gasteiger partial charge in [-0.25, -0.2) is 0 Å². The molecule has 0 radical (unpaired) electrons. The first kappa shape index (κ1) is 18.1. The molecule has 0 N–H and O–H groups in total. The molecule has 0 aromatic heterocycles. The third-order valence-corrected chi connectivity index (χ3v) is 5.33. The highest BCUT2D eigenvalue weighted by Crippen LogP contribution is 2.33. The minimum absolute atomic E-state index is 0. The summed E-state index contributed by atoms with van der Waals surface area (Å²) in [7, 11) is 1.71. The third-order valence-electron chi connectivity index (χ3n) is 5.33. The summed E-state index contributed by atoms with van der Waals surface area (Å²) in [4.78, 5) is 2.56. The molecule has 2 heterocycles. The van der Waals surface area contributed by atoms with Gasteiger partial charge in [0.1, 0.15) is 17.6 Å². The van der Waals surface area contributed by atoms with Gasteiger partial charge in [-0.05, 0) is 55.6 Å². The van der Waals surface area contributed by atoms with Crippen LogP contribution in [0.15, 0.2) is 48.5 Å². The minimum atomic E-state index is 0. The molecule has 0 aliphatic carbocycles. The predicted octanol–water partition coefficient (Wildman–Crippen LogP) is 4.30. The standard InChI is InChI=1S/C21H25NO2.ClH/c1-23-19-7-8-21-18(13-19)14-20(24-21)15-22-11-9-17(10-12-22)16-5-3-2-4-6-16;/h2-8,13,17,20H,9-12,14-15H2,1H3;1H. The summed E-state index contributed by atoms with van der Waals surface area (Å²) in [6, 6.07) is 17.1. The average molecular weight is 360 g/mol. The van der Waals surface area contributed by atoms with Gasteiger partial charge in [-0.2, -0.15) is 0 Å². The van der Waals surface area contributed by atoms with E-state index >= 15 is 0 Å². The second-order valence-electron chi connectivity index (χ2n) is 6.90. The Kier molecular flexibility index (Phi) is 5.87. The molecule has 0 spiro atoms. The number of piperidine rings is 1. The molecule has 134 valence electrons. The first-order chi connectivity index (χ1) is 11.8. The molecule has 2 aromatic rings. The van der Waals surface area contributed by atoms with Gasteiger partial charge in [0.05, 0.1) is 7.11 Å². The van der Waals surface area contributed by atoms with Gasteiger partial charge in [-0.3, -0.25) is 4.90 Å². The van der Waals surface area contributed by atoms with Crippen molar-refractivity contribution in [1.29, 1.82) is 0 Å². The Morgan fingerprint density at radius 3 is 2.56 bits per heavy atom. The number of likely N-dealkylation sites (tertiary alicyclic amines) is 1. The number of methoxy groups -OCH3 is 1. The van der Waals surface area contributed by atoms with E-state index in [1.165, 1.54) is 37.1 Å². The lowest BCUT2D eigenvalue weighted by Crippen LogP contribution is -2.39. The molecule has 0 bridgehead atoms. The van der Waals surface area contributed by atoms with Crippen molar-refractivity contribution in [1.82, 2.24) is 4.90 Å². The fourth-order valence-electron chi connectivity index (χ4n) is 3.99. The molecule has 3 nitrogen and oxygen atoms in total. The van der Waals surface area contributed by atoms with E-state index in [0.29, 0.717) is 5.92 Å². The largest absolute Gasteiger partial charge is 0.497 e. The van der Waals surface area contributed by atoms with Crippen molar-refractivity contribution in [2.45, 2.75) is 31.3 Å². The number of fused-ring (bicyclic) bond motifs is 1. The van der Waals surface area contributed by atoms with Crippen LogP contribution in [0, 0.1) is 0 Å². The van der Waals surface area contributed by atoms with Crippen LogP contribution in [0.5, 0.6) is 11.5 Å². The van der Waals surface area contributed by atoms with Gasteiger partial charge in [0, 0.05) is 18.5 Å². The highest BCUT2D eigenvalue weighted by molar-refractivity contribution is 5.85. The van der Waals surface area contributed by atoms with Crippen LogP contribution < -0.4 is 9.47 Å². The maximum absolute atomic E-state index is 6.12. The molecule has 4 heteroatoms. The third kappa shape index (κ3) is 4.10. The molecule has 1 unspecified atom stereocenters. The first-order valence-corrected chi connectivity index (χ1v) is 8.92. The summed E-state index contributed by atoms with van der Waals surface area (Å²) < 4.78 is 11.4. The number of rotatable bonds is 4. The normalized spacial score (nSPS) is 20.4. The zero-order chi connectivity index (χ0) is 16.4. The summed E-state index contributed by atoms with van der Waals surface area (Å²) in [5.41, 5.74) is 2.77. The number of ether oxygens (including phenoxy) is 2. The van der Waals surface area contributed by atoms with Crippen molar-refractivity contribution in [3.63, 3.8) is 0 Å². The van der Waals surface area contributed by atoms with Gasteiger partial charge in [-0.1, -0.05) is 30.3 Å². The zero-order valence-electron chi connectivity index (χ0n) is 14.7. The van der Waals surface area contributed by atoms with Crippen LogP contribution in [-0.4, -0.2) is 37.7 Å². The monoisotopic (exact) mass is 359 g/mol. The molecule has 4 rings (SSSR count). The van der Waals surface area contributed by atoms with Crippen LogP contribution in [0.4, 0.5) is 0 Å². The van der Waals surface area contributed by atoms with E-state index in [1.54, 1.807) is 7.11 Å². The molecule has 2 aromatic carbocycles. The van der Waals surface area contributed by atoms with E-state index in [0.717, 1.165) is 24.5 Å². The molecular weight excluding hydrogens is 334 g/mol. The second-order valence-corrected chi connectivity index (χ2v) is 6.90. The quantitative estimate of drug-likeness (QED) is 0.812. The van der Waals surface area contributed by atoms with E-state index < -0.39 is 0 Å². The highest BCUT2D eigenvalue weighted by atomic mass is 35.5. The van der Waals surface area contributed by atoms with Crippen molar-refractivity contribution >= 4 is 12.4 Å². The Balaban J connectivity index is 0.00000182.